The molecule has 0 radical (unpaired) electrons. The number of rotatable bonds is 4. The minimum absolute atomic E-state index is 0.0152. The van der Waals surface area contributed by atoms with E-state index < -0.39 is 0 Å². The van der Waals surface area contributed by atoms with Gasteiger partial charge in [0.1, 0.15) is 11.5 Å². The van der Waals surface area contributed by atoms with Crippen LogP contribution in [0.2, 0.25) is 0 Å². The first kappa shape index (κ1) is 12.9. The maximum atomic E-state index is 9.77. The maximum absolute atomic E-state index is 9.77. The first-order valence-corrected chi connectivity index (χ1v) is 6.74. The van der Waals surface area contributed by atoms with Crippen molar-refractivity contribution in [2.45, 2.75) is 26.4 Å². The Hall–Kier alpha value is -1.52. The van der Waals surface area contributed by atoms with Gasteiger partial charge in [0.2, 0.25) is 0 Å². The van der Waals surface area contributed by atoms with Crippen LogP contribution in [0.4, 0.5) is 0 Å². The summed E-state index contributed by atoms with van der Waals surface area (Å²) in [5, 5.41) is 24.6. The van der Waals surface area contributed by atoms with Crippen LogP contribution in [0.15, 0.2) is 29.6 Å². The molecule has 1 heterocycles. The molecule has 18 heavy (non-hydrogen) atoms. The molecule has 1 unspecified atom stereocenters. The van der Waals surface area contributed by atoms with Crippen LogP contribution >= 0.6 is 11.3 Å². The molecule has 0 bridgehead atoms. The van der Waals surface area contributed by atoms with Crippen molar-refractivity contribution in [3.05, 3.63) is 45.6 Å². The summed E-state index contributed by atoms with van der Waals surface area (Å²) < 4.78 is 0. The molecular weight excluding hydrogens is 246 g/mol. The molecule has 0 aliphatic heterocycles. The summed E-state index contributed by atoms with van der Waals surface area (Å²) in [6.07, 6.45) is 0. The molecule has 0 aliphatic rings. The zero-order valence-electron chi connectivity index (χ0n) is 10.5. The van der Waals surface area contributed by atoms with Gasteiger partial charge in [0.15, 0.2) is 0 Å². The van der Waals surface area contributed by atoms with E-state index in [2.05, 4.69) is 23.7 Å². The van der Waals surface area contributed by atoms with Crippen LogP contribution in [-0.4, -0.2) is 10.2 Å². The van der Waals surface area contributed by atoms with Crippen molar-refractivity contribution in [1.29, 1.82) is 0 Å². The molecule has 2 aromatic rings. The molecule has 0 saturated carbocycles. The van der Waals surface area contributed by atoms with Crippen LogP contribution < -0.4 is 5.32 Å². The summed E-state index contributed by atoms with van der Waals surface area (Å²) in [6, 6.07) is 6.67. The molecule has 1 atom stereocenters. The Morgan fingerprint density at radius 3 is 2.72 bits per heavy atom. The van der Waals surface area contributed by atoms with Gasteiger partial charge in [-0.05, 0) is 49.1 Å². The molecular formula is C14H17NO2S. The van der Waals surface area contributed by atoms with Gasteiger partial charge in [-0.1, -0.05) is 0 Å². The Bertz CT molecular complexity index is 536. The van der Waals surface area contributed by atoms with E-state index >= 15 is 0 Å². The van der Waals surface area contributed by atoms with Gasteiger partial charge in [-0.3, -0.25) is 0 Å². The smallest absolute Gasteiger partial charge is 0.120 e. The molecule has 2 rings (SSSR count). The highest BCUT2D eigenvalue weighted by atomic mass is 32.1. The van der Waals surface area contributed by atoms with E-state index in [4.69, 9.17) is 0 Å². The van der Waals surface area contributed by atoms with Crippen molar-refractivity contribution in [3.63, 3.8) is 0 Å². The topological polar surface area (TPSA) is 52.5 Å². The van der Waals surface area contributed by atoms with E-state index in [1.54, 1.807) is 17.4 Å². The minimum atomic E-state index is -0.0152. The zero-order valence-corrected chi connectivity index (χ0v) is 11.3. The second kappa shape index (κ2) is 5.42. The Labute approximate surface area is 111 Å². The molecule has 0 fully saturated rings. The average Bonchev–Trinajstić information content (AvgIpc) is 2.75. The molecule has 1 aromatic heterocycles. The van der Waals surface area contributed by atoms with Crippen LogP contribution in [-0.2, 0) is 6.54 Å². The van der Waals surface area contributed by atoms with Crippen molar-refractivity contribution >= 4 is 11.3 Å². The molecule has 3 N–H and O–H groups in total. The Morgan fingerprint density at radius 2 is 2.06 bits per heavy atom. The van der Waals surface area contributed by atoms with E-state index in [0.717, 1.165) is 6.54 Å². The van der Waals surface area contributed by atoms with Crippen LogP contribution in [0.25, 0.3) is 0 Å². The summed E-state index contributed by atoms with van der Waals surface area (Å²) in [4.78, 5) is 1.29. The molecule has 0 spiro atoms. The SMILES string of the molecule is Cc1ccsc1CNC(C)c1cc(O)ccc1O. The van der Waals surface area contributed by atoms with Crippen molar-refractivity contribution in [3.8, 4) is 11.5 Å². The monoisotopic (exact) mass is 263 g/mol. The van der Waals surface area contributed by atoms with Gasteiger partial charge in [0.25, 0.3) is 0 Å². The summed E-state index contributed by atoms with van der Waals surface area (Å²) >= 11 is 1.72. The second-order valence-corrected chi connectivity index (χ2v) is 5.37. The van der Waals surface area contributed by atoms with Crippen molar-refractivity contribution < 1.29 is 10.2 Å². The molecule has 0 aliphatic carbocycles. The van der Waals surface area contributed by atoms with Crippen LogP contribution in [0.3, 0.4) is 0 Å². The van der Waals surface area contributed by atoms with Crippen LogP contribution in [0, 0.1) is 6.92 Å². The van der Waals surface area contributed by atoms with E-state index in [9.17, 15) is 10.2 Å². The lowest BCUT2D eigenvalue weighted by atomic mass is 10.1. The van der Waals surface area contributed by atoms with Gasteiger partial charge in [-0.2, -0.15) is 0 Å². The third-order valence-corrected chi connectivity index (χ3v) is 4.04. The van der Waals surface area contributed by atoms with Gasteiger partial charge < -0.3 is 15.5 Å². The highest BCUT2D eigenvalue weighted by molar-refractivity contribution is 7.10. The number of phenols is 2. The van der Waals surface area contributed by atoms with Crippen molar-refractivity contribution in [2.75, 3.05) is 0 Å². The fourth-order valence-electron chi connectivity index (χ4n) is 1.83. The third-order valence-electron chi connectivity index (χ3n) is 3.01. The molecule has 4 heteroatoms. The molecule has 1 aromatic carbocycles. The lowest BCUT2D eigenvalue weighted by molar-refractivity contribution is 0.441. The number of benzene rings is 1. The maximum Gasteiger partial charge on any atom is 0.120 e. The Kier molecular flexibility index (Phi) is 3.89. The summed E-state index contributed by atoms with van der Waals surface area (Å²) in [5.74, 6) is 0.374. The lowest BCUT2D eigenvalue weighted by Crippen LogP contribution is -2.17. The predicted octanol–water partition coefficient (Wildman–Crippen LogP) is 3.32. The van der Waals surface area contributed by atoms with E-state index in [1.165, 1.54) is 22.6 Å². The van der Waals surface area contributed by atoms with Gasteiger partial charge >= 0.3 is 0 Å². The van der Waals surface area contributed by atoms with Gasteiger partial charge in [0.05, 0.1) is 0 Å². The number of aromatic hydroxyl groups is 2. The first-order valence-electron chi connectivity index (χ1n) is 5.86. The second-order valence-electron chi connectivity index (χ2n) is 4.37. The molecule has 96 valence electrons. The first-order chi connectivity index (χ1) is 8.58. The largest absolute Gasteiger partial charge is 0.508 e. The fraction of sp³-hybridized carbons (Fsp3) is 0.286. The fourth-order valence-corrected chi connectivity index (χ4v) is 2.69. The van der Waals surface area contributed by atoms with Crippen LogP contribution in [0.5, 0.6) is 11.5 Å². The predicted molar refractivity (Wildman–Crippen MR) is 74.1 cm³/mol. The summed E-state index contributed by atoms with van der Waals surface area (Å²) in [5.41, 5.74) is 1.99. The normalized spacial score (nSPS) is 12.6. The van der Waals surface area contributed by atoms with Crippen molar-refractivity contribution in [1.82, 2.24) is 5.32 Å². The van der Waals surface area contributed by atoms with E-state index in [-0.39, 0.29) is 17.5 Å². The molecule has 0 saturated heterocycles. The quantitative estimate of drug-likeness (QED) is 0.742. The third kappa shape index (κ3) is 2.83. The van der Waals surface area contributed by atoms with Gasteiger partial charge in [-0.15, -0.1) is 11.3 Å². The highest BCUT2D eigenvalue weighted by Crippen LogP contribution is 2.28. The van der Waals surface area contributed by atoms with Crippen molar-refractivity contribution in [2.24, 2.45) is 0 Å². The number of hydrogen-bond donors (Lipinski definition) is 3. The number of thiophene rings is 1. The number of hydrogen-bond acceptors (Lipinski definition) is 4. The molecule has 0 amide bonds. The lowest BCUT2D eigenvalue weighted by Gasteiger charge is -2.15. The van der Waals surface area contributed by atoms with Crippen LogP contribution in [0.1, 0.15) is 29.0 Å². The average molecular weight is 263 g/mol. The number of phenolic OH excluding ortho intramolecular Hbond substituents is 2. The summed E-state index contributed by atoms with van der Waals surface area (Å²) in [6.45, 7) is 4.82. The zero-order chi connectivity index (χ0) is 13.1. The standard InChI is InChI=1S/C14H17NO2S/c1-9-5-6-18-14(9)8-15-10(2)12-7-11(16)3-4-13(12)17/h3-7,10,15-17H,8H2,1-2H3. The minimum Gasteiger partial charge on any atom is -0.508 e. The van der Waals surface area contributed by atoms with E-state index in [0.29, 0.717) is 5.56 Å². The summed E-state index contributed by atoms with van der Waals surface area (Å²) in [7, 11) is 0. The number of nitrogens with one attached hydrogen (secondary N) is 1. The Morgan fingerprint density at radius 1 is 1.28 bits per heavy atom. The van der Waals surface area contributed by atoms with E-state index in [1.807, 2.05) is 6.92 Å². The highest BCUT2D eigenvalue weighted by Gasteiger charge is 2.11. The Balaban J connectivity index is 2.06. The van der Waals surface area contributed by atoms with Gasteiger partial charge in [0, 0.05) is 23.0 Å². The van der Waals surface area contributed by atoms with Gasteiger partial charge in [-0.25, -0.2) is 0 Å². The molecule has 3 nitrogen and oxygen atoms in total. The number of aryl methyl sites for hydroxylation is 1.